The predicted octanol–water partition coefficient (Wildman–Crippen LogP) is 3.05. The van der Waals surface area contributed by atoms with Crippen LogP contribution in [-0.2, 0) is 9.53 Å². The molecule has 1 rings (SSSR count). The summed E-state index contributed by atoms with van der Waals surface area (Å²) in [6.07, 6.45) is 2.85. The van der Waals surface area contributed by atoms with Gasteiger partial charge in [-0.1, -0.05) is 24.8 Å². The van der Waals surface area contributed by atoms with Crippen molar-refractivity contribution >= 4 is 12.0 Å². The average molecular weight is 234 g/mol. The van der Waals surface area contributed by atoms with Crippen LogP contribution in [0, 0.1) is 0 Å². The summed E-state index contributed by atoms with van der Waals surface area (Å²) in [5.41, 5.74) is 1.06. The van der Waals surface area contributed by atoms with Gasteiger partial charge in [0.2, 0.25) is 0 Å². The Morgan fingerprint density at radius 1 is 1.35 bits per heavy atom. The minimum Gasteiger partial charge on any atom is -0.494 e. The molecule has 17 heavy (non-hydrogen) atoms. The summed E-state index contributed by atoms with van der Waals surface area (Å²) in [5.74, 6) is 0.637. The molecule has 3 nitrogen and oxygen atoms in total. The fraction of sp³-hybridized carbons (Fsp3) is 0.357. The van der Waals surface area contributed by atoms with Gasteiger partial charge in [0.25, 0.3) is 0 Å². The van der Waals surface area contributed by atoms with Crippen LogP contribution < -0.4 is 4.74 Å². The summed E-state index contributed by atoms with van der Waals surface area (Å²) in [5, 5.41) is 0. The first-order valence-corrected chi connectivity index (χ1v) is 5.77. The van der Waals surface area contributed by atoms with Crippen molar-refractivity contribution in [2.75, 3.05) is 13.2 Å². The average Bonchev–Trinajstić information content (AvgIpc) is 2.36. The molecule has 0 aromatic heterocycles. The van der Waals surface area contributed by atoms with Gasteiger partial charge in [-0.25, -0.2) is 0 Å². The number of esters is 1. The molecule has 0 aliphatic heterocycles. The largest absolute Gasteiger partial charge is 0.494 e. The van der Waals surface area contributed by atoms with E-state index in [0.29, 0.717) is 26.1 Å². The SMILES string of the molecule is C=Cc1ccc(OCCCC(=O)OCC)cc1. The normalized spacial score (nSPS) is 9.71. The summed E-state index contributed by atoms with van der Waals surface area (Å²) >= 11 is 0. The molecule has 0 aliphatic carbocycles. The van der Waals surface area contributed by atoms with Gasteiger partial charge >= 0.3 is 5.97 Å². The molecular formula is C14H18O3. The molecule has 0 saturated carbocycles. The number of benzene rings is 1. The summed E-state index contributed by atoms with van der Waals surface area (Å²) in [6, 6.07) is 7.66. The molecule has 0 spiro atoms. The van der Waals surface area contributed by atoms with E-state index in [0.717, 1.165) is 11.3 Å². The monoisotopic (exact) mass is 234 g/mol. The van der Waals surface area contributed by atoms with Crippen molar-refractivity contribution in [2.24, 2.45) is 0 Å². The maximum atomic E-state index is 11.0. The topological polar surface area (TPSA) is 35.5 Å². The zero-order valence-electron chi connectivity index (χ0n) is 10.1. The summed E-state index contributed by atoms with van der Waals surface area (Å²) in [7, 11) is 0. The lowest BCUT2D eigenvalue weighted by molar-refractivity contribution is -0.143. The van der Waals surface area contributed by atoms with E-state index in [1.807, 2.05) is 24.3 Å². The second-order valence-electron chi connectivity index (χ2n) is 3.53. The minimum absolute atomic E-state index is 0.168. The van der Waals surface area contributed by atoms with Crippen LogP contribution in [0.1, 0.15) is 25.3 Å². The quantitative estimate of drug-likeness (QED) is 0.537. The van der Waals surface area contributed by atoms with Gasteiger partial charge in [0, 0.05) is 6.42 Å². The molecule has 0 N–H and O–H groups in total. The van der Waals surface area contributed by atoms with E-state index in [9.17, 15) is 4.79 Å². The molecule has 0 atom stereocenters. The first-order valence-electron chi connectivity index (χ1n) is 5.77. The Kier molecular flexibility index (Phi) is 5.86. The molecule has 92 valence electrons. The first kappa shape index (κ1) is 13.3. The van der Waals surface area contributed by atoms with Crippen molar-refractivity contribution in [1.82, 2.24) is 0 Å². The van der Waals surface area contributed by atoms with E-state index in [1.165, 1.54) is 0 Å². The van der Waals surface area contributed by atoms with Crippen LogP contribution in [0.2, 0.25) is 0 Å². The maximum absolute atomic E-state index is 11.0. The van der Waals surface area contributed by atoms with E-state index in [4.69, 9.17) is 9.47 Å². The van der Waals surface area contributed by atoms with Gasteiger partial charge in [-0.05, 0) is 31.0 Å². The Morgan fingerprint density at radius 3 is 2.65 bits per heavy atom. The molecule has 0 aliphatic rings. The van der Waals surface area contributed by atoms with Crippen LogP contribution in [0.4, 0.5) is 0 Å². The van der Waals surface area contributed by atoms with Gasteiger partial charge in [0.1, 0.15) is 5.75 Å². The van der Waals surface area contributed by atoms with Gasteiger partial charge in [0.05, 0.1) is 13.2 Å². The zero-order valence-corrected chi connectivity index (χ0v) is 10.1. The highest BCUT2D eigenvalue weighted by atomic mass is 16.5. The molecule has 1 aromatic carbocycles. The number of carbonyl (C=O) groups is 1. The third-order valence-corrected chi connectivity index (χ3v) is 2.22. The molecule has 0 saturated heterocycles. The number of hydrogen-bond donors (Lipinski definition) is 0. The van der Waals surface area contributed by atoms with E-state index in [2.05, 4.69) is 6.58 Å². The molecule has 0 unspecified atom stereocenters. The van der Waals surface area contributed by atoms with Gasteiger partial charge in [0.15, 0.2) is 0 Å². The predicted molar refractivity (Wildman–Crippen MR) is 67.9 cm³/mol. The summed E-state index contributed by atoms with van der Waals surface area (Å²) in [4.78, 5) is 11.0. The van der Waals surface area contributed by atoms with Crippen molar-refractivity contribution in [3.8, 4) is 5.75 Å². The highest BCUT2D eigenvalue weighted by molar-refractivity contribution is 5.69. The molecular weight excluding hydrogens is 216 g/mol. The number of ether oxygens (including phenoxy) is 2. The molecule has 3 heteroatoms. The minimum atomic E-state index is -0.168. The van der Waals surface area contributed by atoms with Crippen LogP contribution in [0.3, 0.4) is 0 Å². The number of carbonyl (C=O) groups excluding carboxylic acids is 1. The Hall–Kier alpha value is -1.77. The summed E-state index contributed by atoms with van der Waals surface area (Å²) < 4.78 is 10.3. The van der Waals surface area contributed by atoms with Crippen molar-refractivity contribution in [3.63, 3.8) is 0 Å². The van der Waals surface area contributed by atoms with Crippen LogP contribution >= 0.6 is 0 Å². The summed E-state index contributed by atoms with van der Waals surface area (Å²) in [6.45, 7) is 6.44. The molecule has 0 fully saturated rings. The molecule has 0 amide bonds. The molecule has 0 heterocycles. The van der Waals surface area contributed by atoms with Gasteiger partial charge < -0.3 is 9.47 Å². The third kappa shape index (κ3) is 5.20. The van der Waals surface area contributed by atoms with Crippen molar-refractivity contribution in [1.29, 1.82) is 0 Å². The Bertz CT molecular complexity index is 354. The van der Waals surface area contributed by atoms with Crippen molar-refractivity contribution in [2.45, 2.75) is 19.8 Å². The maximum Gasteiger partial charge on any atom is 0.305 e. The lowest BCUT2D eigenvalue weighted by Crippen LogP contribution is -2.06. The van der Waals surface area contributed by atoms with Crippen molar-refractivity contribution in [3.05, 3.63) is 36.4 Å². The Balaban J connectivity index is 2.21. The van der Waals surface area contributed by atoms with Crippen LogP contribution in [0.5, 0.6) is 5.75 Å². The lowest BCUT2D eigenvalue weighted by Gasteiger charge is -2.06. The van der Waals surface area contributed by atoms with E-state index >= 15 is 0 Å². The third-order valence-electron chi connectivity index (χ3n) is 2.22. The van der Waals surface area contributed by atoms with Gasteiger partial charge in [-0.15, -0.1) is 0 Å². The molecule has 1 aromatic rings. The fourth-order valence-corrected chi connectivity index (χ4v) is 1.34. The molecule has 0 bridgehead atoms. The van der Waals surface area contributed by atoms with E-state index in [1.54, 1.807) is 13.0 Å². The highest BCUT2D eigenvalue weighted by Crippen LogP contribution is 2.13. The smallest absolute Gasteiger partial charge is 0.305 e. The van der Waals surface area contributed by atoms with E-state index < -0.39 is 0 Å². The fourth-order valence-electron chi connectivity index (χ4n) is 1.34. The van der Waals surface area contributed by atoms with Gasteiger partial charge in [-0.2, -0.15) is 0 Å². The standard InChI is InChI=1S/C14H18O3/c1-3-12-7-9-13(10-8-12)17-11-5-6-14(15)16-4-2/h3,7-10H,1,4-6,11H2,2H3. The first-order chi connectivity index (χ1) is 8.26. The highest BCUT2D eigenvalue weighted by Gasteiger charge is 2.01. The number of hydrogen-bond acceptors (Lipinski definition) is 3. The van der Waals surface area contributed by atoms with E-state index in [-0.39, 0.29) is 5.97 Å². The lowest BCUT2D eigenvalue weighted by atomic mass is 10.2. The Morgan fingerprint density at radius 2 is 2.06 bits per heavy atom. The van der Waals surface area contributed by atoms with Gasteiger partial charge in [-0.3, -0.25) is 4.79 Å². The van der Waals surface area contributed by atoms with Crippen LogP contribution in [0.15, 0.2) is 30.8 Å². The molecule has 0 radical (unpaired) electrons. The zero-order chi connectivity index (χ0) is 12.5. The van der Waals surface area contributed by atoms with Crippen LogP contribution in [0.25, 0.3) is 6.08 Å². The second kappa shape index (κ2) is 7.49. The second-order valence-corrected chi connectivity index (χ2v) is 3.53. The Labute approximate surface area is 102 Å². The van der Waals surface area contributed by atoms with Crippen LogP contribution in [-0.4, -0.2) is 19.2 Å². The van der Waals surface area contributed by atoms with Crippen molar-refractivity contribution < 1.29 is 14.3 Å². The number of rotatable bonds is 7.